The van der Waals surface area contributed by atoms with E-state index < -0.39 is 0 Å². The largest absolute Gasteiger partial charge is 0.445 e. The summed E-state index contributed by atoms with van der Waals surface area (Å²) >= 11 is 0. The van der Waals surface area contributed by atoms with E-state index in [9.17, 15) is 0 Å². The number of hydrogen-bond acceptors (Lipinski definition) is 3. The van der Waals surface area contributed by atoms with Crippen molar-refractivity contribution >= 4 is 0 Å². The zero-order valence-corrected chi connectivity index (χ0v) is 8.85. The van der Waals surface area contributed by atoms with E-state index in [1.807, 2.05) is 6.92 Å². The maximum absolute atomic E-state index is 5.63. The molecule has 0 fully saturated rings. The van der Waals surface area contributed by atoms with Gasteiger partial charge in [0, 0.05) is 11.8 Å². The summed E-state index contributed by atoms with van der Waals surface area (Å²) in [7, 11) is 0. The molecule has 0 atom stereocenters. The van der Waals surface area contributed by atoms with Gasteiger partial charge in [-0.1, -0.05) is 20.8 Å². The molecule has 0 aliphatic heterocycles. The molecule has 3 nitrogen and oxygen atoms in total. The number of oxazole rings is 1. The Kier molecular flexibility index (Phi) is 2.76. The van der Waals surface area contributed by atoms with Crippen molar-refractivity contribution in [2.75, 3.05) is 6.54 Å². The molecule has 1 heterocycles. The number of nitrogens with zero attached hydrogens (tertiary/aromatic N) is 1. The predicted molar refractivity (Wildman–Crippen MR) is 52.7 cm³/mol. The van der Waals surface area contributed by atoms with Crippen LogP contribution in [0.4, 0.5) is 0 Å². The minimum atomic E-state index is -0.0163. The van der Waals surface area contributed by atoms with Crippen LogP contribution in [-0.2, 0) is 11.8 Å². The molecule has 0 aliphatic rings. The molecular weight excluding hydrogens is 164 g/mol. The van der Waals surface area contributed by atoms with Crippen LogP contribution in [0.2, 0.25) is 0 Å². The zero-order valence-electron chi connectivity index (χ0n) is 8.85. The molecule has 0 amide bonds. The number of hydrogen-bond donors (Lipinski definition) is 1. The SMILES string of the molecule is Cc1nc(C(C)(C)C)oc1CCN. The maximum Gasteiger partial charge on any atom is 0.199 e. The van der Waals surface area contributed by atoms with Gasteiger partial charge >= 0.3 is 0 Å². The summed E-state index contributed by atoms with van der Waals surface area (Å²) in [6, 6.07) is 0. The predicted octanol–water partition coefficient (Wildman–Crippen LogP) is 1.78. The summed E-state index contributed by atoms with van der Waals surface area (Å²) in [6.07, 6.45) is 0.773. The number of aromatic nitrogens is 1. The van der Waals surface area contributed by atoms with Gasteiger partial charge < -0.3 is 10.2 Å². The topological polar surface area (TPSA) is 52.0 Å². The quantitative estimate of drug-likeness (QED) is 0.758. The molecule has 0 saturated carbocycles. The van der Waals surface area contributed by atoms with Gasteiger partial charge in [0.15, 0.2) is 5.89 Å². The van der Waals surface area contributed by atoms with Crippen molar-refractivity contribution in [2.45, 2.75) is 39.5 Å². The Balaban J connectivity index is 2.95. The highest BCUT2D eigenvalue weighted by atomic mass is 16.4. The molecule has 0 radical (unpaired) electrons. The highest BCUT2D eigenvalue weighted by molar-refractivity contribution is 5.12. The van der Waals surface area contributed by atoms with Crippen molar-refractivity contribution in [3.8, 4) is 0 Å². The Morgan fingerprint density at radius 2 is 2.00 bits per heavy atom. The van der Waals surface area contributed by atoms with E-state index in [1.54, 1.807) is 0 Å². The van der Waals surface area contributed by atoms with Gasteiger partial charge in [-0.25, -0.2) is 4.98 Å². The summed E-state index contributed by atoms with van der Waals surface area (Å²) in [5.74, 6) is 1.72. The minimum absolute atomic E-state index is 0.0163. The molecule has 0 aliphatic carbocycles. The van der Waals surface area contributed by atoms with Crippen molar-refractivity contribution in [2.24, 2.45) is 5.73 Å². The molecule has 0 saturated heterocycles. The molecule has 13 heavy (non-hydrogen) atoms. The van der Waals surface area contributed by atoms with E-state index >= 15 is 0 Å². The summed E-state index contributed by atoms with van der Waals surface area (Å²) in [6.45, 7) is 8.84. The van der Waals surface area contributed by atoms with Gasteiger partial charge in [-0.05, 0) is 13.5 Å². The highest BCUT2D eigenvalue weighted by Crippen LogP contribution is 2.23. The van der Waals surface area contributed by atoms with Gasteiger partial charge in [-0.3, -0.25) is 0 Å². The third-order valence-electron chi connectivity index (χ3n) is 1.91. The van der Waals surface area contributed by atoms with Gasteiger partial charge in [0.1, 0.15) is 5.76 Å². The third-order valence-corrected chi connectivity index (χ3v) is 1.91. The smallest absolute Gasteiger partial charge is 0.199 e. The fourth-order valence-electron chi connectivity index (χ4n) is 1.11. The van der Waals surface area contributed by atoms with E-state index in [1.165, 1.54) is 0 Å². The number of nitrogens with two attached hydrogens (primary N) is 1. The minimum Gasteiger partial charge on any atom is -0.445 e. The molecule has 1 rings (SSSR count). The van der Waals surface area contributed by atoms with Crippen LogP contribution in [0.25, 0.3) is 0 Å². The number of rotatable bonds is 2. The van der Waals surface area contributed by atoms with Crippen molar-refractivity contribution in [3.05, 3.63) is 17.3 Å². The maximum atomic E-state index is 5.63. The van der Waals surface area contributed by atoms with Crippen LogP contribution in [0.1, 0.15) is 38.1 Å². The fraction of sp³-hybridized carbons (Fsp3) is 0.700. The lowest BCUT2D eigenvalue weighted by Gasteiger charge is -2.12. The standard InChI is InChI=1S/C10H18N2O/c1-7-8(5-6-11)13-9(12-7)10(2,3)4/h5-6,11H2,1-4H3. The number of aryl methyl sites for hydroxylation is 1. The monoisotopic (exact) mass is 182 g/mol. The second-order valence-electron chi connectivity index (χ2n) is 4.32. The van der Waals surface area contributed by atoms with Crippen molar-refractivity contribution in [1.82, 2.24) is 4.98 Å². The van der Waals surface area contributed by atoms with Crippen molar-refractivity contribution < 1.29 is 4.42 Å². The first-order chi connectivity index (χ1) is 5.95. The lowest BCUT2D eigenvalue weighted by molar-refractivity contribution is 0.373. The molecule has 74 valence electrons. The summed E-state index contributed by atoms with van der Waals surface area (Å²) in [4.78, 5) is 4.38. The zero-order chi connectivity index (χ0) is 10.1. The summed E-state index contributed by atoms with van der Waals surface area (Å²) < 4.78 is 5.63. The van der Waals surface area contributed by atoms with Crippen LogP contribution in [0.5, 0.6) is 0 Å². The molecule has 1 aromatic rings. The van der Waals surface area contributed by atoms with Crippen molar-refractivity contribution in [3.63, 3.8) is 0 Å². The second-order valence-corrected chi connectivity index (χ2v) is 4.32. The van der Waals surface area contributed by atoms with Crippen LogP contribution in [0, 0.1) is 6.92 Å². The van der Waals surface area contributed by atoms with Gasteiger partial charge in [0.25, 0.3) is 0 Å². The first-order valence-electron chi connectivity index (χ1n) is 4.62. The van der Waals surface area contributed by atoms with Crippen LogP contribution < -0.4 is 5.73 Å². The third kappa shape index (κ3) is 2.31. The van der Waals surface area contributed by atoms with Gasteiger partial charge in [0.2, 0.25) is 0 Å². The lowest BCUT2D eigenvalue weighted by Crippen LogP contribution is -2.11. The molecular formula is C10H18N2O. The molecule has 3 heteroatoms. The van der Waals surface area contributed by atoms with E-state index in [0.717, 1.165) is 23.8 Å². The molecule has 0 aromatic carbocycles. The van der Waals surface area contributed by atoms with Crippen LogP contribution in [0.15, 0.2) is 4.42 Å². The summed E-state index contributed by atoms with van der Waals surface area (Å²) in [5.41, 5.74) is 6.41. The molecule has 1 aromatic heterocycles. The van der Waals surface area contributed by atoms with E-state index in [4.69, 9.17) is 10.2 Å². The second kappa shape index (κ2) is 3.50. The fourth-order valence-corrected chi connectivity index (χ4v) is 1.11. The molecule has 0 unspecified atom stereocenters. The van der Waals surface area contributed by atoms with E-state index in [2.05, 4.69) is 25.8 Å². The normalized spacial score (nSPS) is 12.1. The van der Waals surface area contributed by atoms with E-state index in [-0.39, 0.29) is 5.41 Å². The van der Waals surface area contributed by atoms with E-state index in [0.29, 0.717) is 6.54 Å². The molecule has 2 N–H and O–H groups in total. The molecule has 0 bridgehead atoms. The Bertz CT molecular complexity index is 284. The Morgan fingerprint density at radius 1 is 1.38 bits per heavy atom. The molecule has 0 spiro atoms. The average molecular weight is 182 g/mol. The Labute approximate surface area is 79.3 Å². The van der Waals surface area contributed by atoms with Gasteiger partial charge in [0.05, 0.1) is 5.69 Å². The lowest BCUT2D eigenvalue weighted by atomic mass is 9.97. The van der Waals surface area contributed by atoms with Crippen molar-refractivity contribution in [1.29, 1.82) is 0 Å². The summed E-state index contributed by atoms with van der Waals surface area (Å²) in [5, 5.41) is 0. The van der Waals surface area contributed by atoms with Crippen LogP contribution in [-0.4, -0.2) is 11.5 Å². The van der Waals surface area contributed by atoms with Gasteiger partial charge in [-0.15, -0.1) is 0 Å². The first-order valence-corrected chi connectivity index (χ1v) is 4.62. The Hall–Kier alpha value is -0.830. The van der Waals surface area contributed by atoms with Crippen LogP contribution >= 0.6 is 0 Å². The van der Waals surface area contributed by atoms with Gasteiger partial charge in [-0.2, -0.15) is 0 Å². The average Bonchev–Trinajstić information content (AvgIpc) is 2.32. The first kappa shape index (κ1) is 10.3. The van der Waals surface area contributed by atoms with Crippen LogP contribution in [0.3, 0.4) is 0 Å². The highest BCUT2D eigenvalue weighted by Gasteiger charge is 2.21. The Morgan fingerprint density at radius 3 is 2.38 bits per heavy atom.